The number of halogens is 1. The number of hydrogen-bond donors (Lipinski definition) is 2. The second kappa shape index (κ2) is 8.27. The van der Waals surface area contributed by atoms with Gasteiger partial charge in [0.1, 0.15) is 5.60 Å². The number of benzene rings is 1. The molecule has 1 aromatic rings. The van der Waals surface area contributed by atoms with Crippen LogP contribution in [0.25, 0.3) is 0 Å². The summed E-state index contributed by atoms with van der Waals surface area (Å²) in [6.07, 6.45) is 0.515. The third-order valence-corrected chi connectivity index (χ3v) is 2.97. The van der Waals surface area contributed by atoms with Gasteiger partial charge in [-0.1, -0.05) is 28.1 Å². The van der Waals surface area contributed by atoms with Gasteiger partial charge in [-0.15, -0.1) is 0 Å². The van der Waals surface area contributed by atoms with Gasteiger partial charge in [-0.3, -0.25) is 0 Å². The molecule has 1 rings (SSSR count). The van der Waals surface area contributed by atoms with Gasteiger partial charge in [-0.25, -0.2) is 4.79 Å². The lowest BCUT2D eigenvalue weighted by molar-refractivity contribution is 0.0527. The fourth-order valence-corrected chi connectivity index (χ4v) is 1.82. The highest BCUT2D eigenvalue weighted by Crippen LogP contribution is 2.10. The minimum absolute atomic E-state index is 0.356. The molecule has 0 unspecified atom stereocenters. The summed E-state index contributed by atoms with van der Waals surface area (Å²) in [5.41, 5.74) is 0.803. The minimum Gasteiger partial charge on any atom is -0.444 e. The third kappa shape index (κ3) is 8.17. The van der Waals surface area contributed by atoms with E-state index >= 15 is 0 Å². The van der Waals surface area contributed by atoms with Crippen LogP contribution >= 0.6 is 15.9 Å². The van der Waals surface area contributed by atoms with Gasteiger partial charge < -0.3 is 15.4 Å². The summed E-state index contributed by atoms with van der Waals surface area (Å²) < 4.78 is 6.24. The van der Waals surface area contributed by atoms with Crippen LogP contribution in [0.1, 0.15) is 32.8 Å². The van der Waals surface area contributed by atoms with Gasteiger partial charge in [-0.2, -0.15) is 0 Å². The van der Waals surface area contributed by atoms with Crippen LogP contribution in [0.3, 0.4) is 0 Å². The van der Waals surface area contributed by atoms with E-state index in [4.69, 9.17) is 4.74 Å². The fraction of sp³-hybridized carbons (Fsp3) is 0.533. The first-order valence-corrected chi connectivity index (χ1v) is 7.58. The van der Waals surface area contributed by atoms with E-state index in [1.54, 1.807) is 0 Å². The van der Waals surface area contributed by atoms with Crippen molar-refractivity contribution in [2.24, 2.45) is 0 Å². The number of alkyl carbamates (subject to hydrolysis) is 1. The lowest BCUT2D eigenvalue weighted by Gasteiger charge is -2.19. The van der Waals surface area contributed by atoms with Crippen LogP contribution in [0.5, 0.6) is 0 Å². The van der Waals surface area contributed by atoms with Crippen molar-refractivity contribution in [1.29, 1.82) is 0 Å². The van der Waals surface area contributed by atoms with E-state index < -0.39 is 5.60 Å². The van der Waals surface area contributed by atoms with Gasteiger partial charge in [0.2, 0.25) is 0 Å². The number of nitrogens with one attached hydrogen (secondary N) is 2. The first-order chi connectivity index (χ1) is 9.37. The molecule has 0 aliphatic heterocycles. The molecule has 4 nitrogen and oxygen atoms in total. The fourth-order valence-electron chi connectivity index (χ4n) is 1.55. The van der Waals surface area contributed by atoms with Crippen molar-refractivity contribution < 1.29 is 9.53 Å². The van der Waals surface area contributed by atoms with Crippen LogP contribution in [0.2, 0.25) is 0 Å². The van der Waals surface area contributed by atoms with Crippen LogP contribution in [-0.2, 0) is 11.3 Å². The summed E-state index contributed by atoms with van der Waals surface area (Å²) in [4.78, 5) is 11.4. The van der Waals surface area contributed by atoms with Crippen LogP contribution in [0.4, 0.5) is 4.79 Å². The van der Waals surface area contributed by atoms with E-state index in [1.165, 1.54) is 5.56 Å². The molecule has 0 fully saturated rings. The molecule has 20 heavy (non-hydrogen) atoms. The number of amides is 1. The molecule has 0 saturated carbocycles. The summed E-state index contributed by atoms with van der Waals surface area (Å²) in [5.74, 6) is 0. The standard InChI is InChI=1S/C15H23BrN2O2/c1-15(2,3)20-14(19)18-10-4-9-17-11-12-5-7-13(16)8-6-12/h5-8,17H,4,9-11H2,1-3H3,(H,18,19). The van der Waals surface area contributed by atoms with Gasteiger partial charge >= 0.3 is 6.09 Å². The number of ether oxygens (including phenoxy) is 1. The maximum Gasteiger partial charge on any atom is 0.407 e. The molecular formula is C15H23BrN2O2. The Hall–Kier alpha value is -1.07. The van der Waals surface area contributed by atoms with Crippen molar-refractivity contribution in [1.82, 2.24) is 10.6 Å². The number of carbonyl (C=O) groups excluding carboxylic acids is 1. The molecule has 0 saturated heterocycles. The molecule has 0 aliphatic carbocycles. The Morgan fingerprint density at radius 2 is 1.85 bits per heavy atom. The first-order valence-electron chi connectivity index (χ1n) is 6.79. The topological polar surface area (TPSA) is 50.4 Å². The molecular weight excluding hydrogens is 320 g/mol. The van der Waals surface area contributed by atoms with Crippen LogP contribution < -0.4 is 10.6 Å². The quantitative estimate of drug-likeness (QED) is 0.778. The van der Waals surface area contributed by atoms with Crippen LogP contribution in [-0.4, -0.2) is 24.8 Å². The summed E-state index contributed by atoms with van der Waals surface area (Å²) in [5, 5.41) is 6.07. The molecule has 1 amide bonds. The Morgan fingerprint density at radius 3 is 2.45 bits per heavy atom. The molecule has 0 radical (unpaired) electrons. The Labute approximate surface area is 129 Å². The maximum atomic E-state index is 11.4. The summed E-state index contributed by atoms with van der Waals surface area (Å²) in [6.45, 7) is 7.86. The molecule has 0 bridgehead atoms. The molecule has 0 atom stereocenters. The smallest absolute Gasteiger partial charge is 0.407 e. The number of carbonyl (C=O) groups is 1. The largest absolute Gasteiger partial charge is 0.444 e. The highest BCUT2D eigenvalue weighted by atomic mass is 79.9. The Balaban J connectivity index is 2.05. The predicted octanol–water partition coefficient (Wildman–Crippen LogP) is 3.45. The molecule has 2 N–H and O–H groups in total. The molecule has 112 valence electrons. The normalized spacial score (nSPS) is 11.2. The zero-order valence-electron chi connectivity index (χ0n) is 12.3. The van der Waals surface area contributed by atoms with E-state index in [1.807, 2.05) is 32.9 Å². The highest BCUT2D eigenvalue weighted by Gasteiger charge is 2.15. The molecule has 0 spiro atoms. The Morgan fingerprint density at radius 1 is 1.20 bits per heavy atom. The Bertz CT molecular complexity index is 413. The molecule has 1 aromatic carbocycles. The van der Waals surface area contributed by atoms with Gasteiger partial charge in [0.25, 0.3) is 0 Å². The van der Waals surface area contributed by atoms with E-state index in [-0.39, 0.29) is 6.09 Å². The first kappa shape index (κ1) is 17.0. The molecule has 0 aromatic heterocycles. The second-order valence-electron chi connectivity index (χ2n) is 5.59. The van der Waals surface area contributed by atoms with Gasteiger partial charge in [0.15, 0.2) is 0 Å². The minimum atomic E-state index is -0.441. The summed E-state index contributed by atoms with van der Waals surface area (Å²) in [6, 6.07) is 8.22. The van der Waals surface area contributed by atoms with Crippen LogP contribution in [0.15, 0.2) is 28.7 Å². The van der Waals surface area contributed by atoms with Crippen LogP contribution in [0, 0.1) is 0 Å². The highest BCUT2D eigenvalue weighted by molar-refractivity contribution is 9.10. The Kier molecular flexibility index (Phi) is 7.02. The van der Waals surface area contributed by atoms with Crippen molar-refractivity contribution in [3.63, 3.8) is 0 Å². The summed E-state index contributed by atoms with van der Waals surface area (Å²) in [7, 11) is 0. The zero-order valence-corrected chi connectivity index (χ0v) is 13.9. The summed E-state index contributed by atoms with van der Waals surface area (Å²) >= 11 is 3.41. The number of rotatable bonds is 6. The van der Waals surface area contributed by atoms with E-state index in [9.17, 15) is 4.79 Å². The second-order valence-corrected chi connectivity index (χ2v) is 6.50. The van der Waals surface area contributed by atoms with Crippen molar-refractivity contribution >= 4 is 22.0 Å². The van der Waals surface area contributed by atoms with E-state index in [0.717, 1.165) is 24.0 Å². The third-order valence-electron chi connectivity index (χ3n) is 2.44. The molecule has 0 heterocycles. The lowest BCUT2D eigenvalue weighted by atomic mass is 10.2. The van der Waals surface area contributed by atoms with E-state index in [2.05, 4.69) is 38.7 Å². The lowest BCUT2D eigenvalue weighted by Crippen LogP contribution is -2.33. The van der Waals surface area contributed by atoms with E-state index in [0.29, 0.717) is 6.54 Å². The SMILES string of the molecule is CC(C)(C)OC(=O)NCCCNCc1ccc(Br)cc1. The van der Waals surface area contributed by atoms with Gasteiger partial charge in [0.05, 0.1) is 0 Å². The molecule has 0 aliphatic rings. The number of hydrogen-bond acceptors (Lipinski definition) is 3. The van der Waals surface area contributed by atoms with Crippen molar-refractivity contribution in [2.75, 3.05) is 13.1 Å². The van der Waals surface area contributed by atoms with Gasteiger partial charge in [-0.05, 0) is 51.4 Å². The van der Waals surface area contributed by atoms with Crippen molar-refractivity contribution in [3.05, 3.63) is 34.3 Å². The predicted molar refractivity (Wildman–Crippen MR) is 84.7 cm³/mol. The van der Waals surface area contributed by atoms with Crippen molar-refractivity contribution in [2.45, 2.75) is 39.3 Å². The zero-order chi connectivity index (χ0) is 15.0. The average Bonchev–Trinajstić information content (AvgIpc) is 2.33. The van der Waals surface area contributed by atoms with Gasteiger partial charge in [0, 0.05) is 17.6 Å². The monoisotopic (exact) mass is 342 g/mol. The van der Waals surface area contributed by atoms with Crippen molar-refractivity contribution in [3.8, 4) is 0 Å². The average molecular weight is 343 g/mol. The molecule has 5 heteroatoms. The maximum absolute atomic E-state index is 11.4.